The minimum atomic E-state index is -5.87. The fourth-order valence-corrected chi connectivity index (χ4v) is 18.3. The van der Waals surface area contributed by atoms with Crippen LogP contribution < -0.4 is 0 Å². The fraction of sp³-hybridized carbons (Fsp3) is 0.652. The Labute approximate surface area is 485 Å². The molecule has 0 radical (unpaired) electrons. The molecular formula is C66H78F10N2O6. The van der Waals surface area contributed by atoms with Crippen LogP contribution >= 0.6 is 0 Å². The van der Waals surface area contributed by atoms with Crippen molar-refractivity contribution in [3.63, 3.8) is 0 Å². The maximum atomic E-state index is 15.2. The molecule has 0 amide bonds. The van der Waals surface area contributed by atoms with Gasteiger partial charge in [-0.15, -0.1) is 0 Å². The second-order valence-corrected chi connectivity index (χ2v) is 26.8. The van der Waals surface area contributed by atoms with E-state index in [0.717, 1.165) is 88.4 Å². The number of fused-ring (bicyclic) bond motifs is 8. The van der Waals surface area contributed by atoms with E-state index in [9.17, 15) is 50.9 Å². The van der Waals surface area contributed by atoms with Crippen LogP contribution in [0.15, 0.2) is 94.1 Å². The third kappa shape index (κ3) is 10.1. The molecule has 12 rings (SSSR count). The van der Waals surface area contributed by atoms with E-state index < -0.39 is 82.7 Å². The summed E-state index contributed by atoms with van der Waals surface area (Å²) in [7, 11) is 1.40. The third-order valence-electron chi connectivity index (χ3n) is 22.7. The van der Waals surface area contributed by atoms with Gasteiger partial charge in [0.05, 0.1) is 13.0 Å². The number of piperidine rings is 2. The van der Waals surface area contributed by atoms with Crippen LogP contribution in [0.5, 0.6) is 0 Å². The van der Waals surface area contributed by atoms with Crippen molar-refractivity contribution in [3.05, 3.63) is 116 Å². The zero-order valence-electron chi connectivity index (χ0n) is 48.2. The van der Waals surface area contributed by atoms with Gasteiger partial charge in [0.15, 0.2) is 11.6 Å². The quantitative estimate of drug-likeness (QED) is 0.189. The summed E-state index contributed by atoms with van der Waals surface area (Å²) >= 11 is 0. The lowest BCUT2D eigenvalue weighted by molar-refractivity contribution is -0.362. The van der Waals surface area contributed by atoms with E-state index in [1.165, 1.54) is 40.2 Å². The molecule has 2 aromatic rings. The van der Waals surface area contributed by atoms with E-state index in [1.807, 2.05) is 48.5 Å². The molecule has 0 bridgehead atoms. The zero-order chi connectivity index (χ0) is 60.2. The number of nitrogens with zero attached hydrogens (tertiary/aromatic N) is 2. The maximum Gasteiger partial charge on any atom is 0.456 e. The second kappa shape index (κ2) is 22.2. The van der Waals surface area contributed by atoms with Gasteiger partial charge >= 0.3 is 30.2 Å². The SMILES string of the molecule is COC(=O)C1CCN(Cc2ccc([C@H]3C[C@@]4(C)[C@@H](CC[C@@]4(O)C(F)(F)C(F)(F)F)[C@@H]4CCC5=CC(=O)CCC5=C43)cc2)CC1.C[C@]12C[C@H](c3ccc(CN4CCCCC4)cc3)C3=C4CCC(=O)C=C4CC[C@H]3[C@@H]1CC[C@@]2(O)C(F)(F)C(F)(F)F. The molecule has 2 N–H and O–H groups in total. The Bertz CT molecular complexity index is 3010. The van der Waals surface area contributed by atoms with Gasteiger partial charge in [0.25, 0.3) is 0 Å². The lowest BCUT2D eigenvalue weighted by Gasteiger charge is -2.56. The van der Waals surface area contributed by atoms with Crippen LogP contribution in [0.25, 0.3) is 0 Å². The summed E-state index contributed by atoms with van der Waals surface area (Å²) in [5.74, 6) is -12.9. The van der Waals surface area contributed by atoms with Crippen LogP contribution in [-0.2, 0) is 32.2 Å². The van der Waals surface area contributed by atoms with Crippen LogP contribution in [0.4, 0.5) is 43.9 Å². The summed E-state index contributed by atoms with van der Waals surface area (Å²) in [5.41, 5.74) is 0.493. The molecule has 4 saturated carbocycles. The number of halogens is 10. The smallest absolute Gasteiger partial charge is 0.456 e. The first-order valence-electron chi connectivity index (χ1n) is 30.5. The monoisotopic (exact) mass is 1180 g/mol. The highest BCUT2D eigenvalue weighted by Gasteiger charge is 2.80. The van der Waals surface area contributed by atoms with Gasteiger partial charge in [0.2, 0.25) is 0 Å². The minimum Gasteiger partial charge on any atom is -0.469 e. The number of hydrogen-bond donors (Lipinski definition) is 2. The van der Waals surface area contributed by atoms with E-state index >= 15 is 17.6 Å². The molecular weight excluding hydrogens is 1110 g/mol. The van der Waals surface area contributed by atoms with E-state index in [4.69, 9.17) is 4.74 Å². The molecule has 10 aliphatic rings. The molecule has 6 fully saturated rings. The standard InChI is InChI=1S/C34H40F5NO4.C32H38F5NO2/c1-31-18-27(21-5-3-20(4-6-21)19-40-15-12-22(13-16-40)30(42)44-2)29-25-10-8-24(41)17-23(25)7-9-26(29)28(31)11-14-32(31,43)33(35,36)34(37,38)39;1-29-18-26(21-7-5-20(6-8-21)19-38-15-3-2-4-16-38)28-24-12-10-23(39)17-22(24)9-11-25(28)27(29)13-14-30(29,40)31(33,34)32(35,36)37/h3-6,17,22,26-28,43H,7-16,18-19H2,1-2H3;5-8,17,25-27,40H,2-4,9-16,18-19H2,1H3/t26-,27+,28-,31-,32-;25-,26+,27-,29-,30-/m00/s1. The molecule has 0 spiro atoms. The van der Waals surface area contributed by atoms with Crippen molar-refractivity contribution in [2.45, 2.75) is 196 Å². The number of carbonyl (C=O) groups excluding carboxylic acids is 3. The summed E-state index contributed by atoms with van der Waals surface area (Å²) in [4.78, 5) is 41.1. The van der Waals surface area contributed by atoms with Crippen molar-refractivity contribution in [2.75, 3.05) is 33.3 Å². The summed E-state index contributed by atoms with van der Waals surface area (Å²) in [6, 6.07) is 15.9. The van der Waals surface area contributed by atoms with Crippen molar-refractivity contribution in [1.82, 2.24) is 9.80 Å². The highest BCUT2D eigenvalue weighted by atomic mass is 19.4. The molecule has 84 heavy (non-hydrogen) atoms. The van der Waals surface area contributed by atoms with Crippen LogP contribution in [0.1, 0.15) is 170 Å². The van der Waals surface area contributed by atoms with Gasteiger partial charge < -0.3 is 14.9 Å². The summed E-state index contributed by atoms with van der Waals surface area (Å²) in [6.45, 7) is 8.03. The lowest BCUT2D eigenvalue weighted by atomic mass is 9.50. The van der Waals surface area contributed by atoms with Gasteiger partial charge in [-0.1, -0.05) is 79.9 Å². The van der Waals surface area contributed by atoms with Gasteiger partial charge in [-0.3, -0.25) is 24.2 Å². The summed E-state index contributed by atoms with van der Waals surface area (Å²) in [5, 5.41) is 22.9. The number of benzene rings is 2. The molecule has 8 aliphatic carbocycles. The zero-order valence-corrected chi connectivity index (χ0v) is 48.2. The first kappa shape index (κ1) is 61.0. The maximum absolute atomic E-state index is 15.2. The molecule has 18 heteroatoms. The topological polar surface area (TPSA) is 107 Å². The Morgan fingerprint density at radius 3 is 1.32 bits per heavy atom. The van der Waals surface area contributed by atoms with Crippen molar-refractivity contribution < 1.29 is 73.2 Å². The number of hydrogen-bond acceptors (Lipinski definition) is 8. The Morgan fingerprint density at radius 2 is 0.940 bits per heavy atom. The van der Waals surface area contributed by atoms with Crippen LogP contribution in [-0.4, -0.2) is 106 Å². The number of allylic oxidation sites excluding steroid dienone is 8. The largest absolute Gasteiger partial charge is 0.469 e. The highest BCUT2D eigenvalue weighted by molar-refractivity contribution is 5.93. The van der Waals surface area contributed by atoms with Crippen molar-refractivity contribution in [1.29, 1.82) is 0 Å². The number of methoxy groups -OCH3 is 1. The Balaban J connectivity index is 0.000000176. The van der Waals surface area contributed by atoms with Gasteiger partial charge in [0.1, 0.15) is 11.2 Å². The van der Waals surface area contributed by atoms with E-state index in [2.05, 4.69) is 9.80 Å². The lowest BCUT2D eigenvalue weighted by Crippen LogP contribution is -2.65. The molecule has 10 atom stereocenters. The first-order chi connectivity index (χ1) is 39.6. The molecule has 458 valence electrons. The summed E-state index contributed by atoms with van der Waals surface area (Å²) in [6.07, 6.45) is -0.0709. The molecule has 2 aromatic carbocycles. The minimum absolute atomic E-state index is 0.0157. The van der Waals surface area contributed by atoms with E-state index in [0.29, 0.717) is 70.8 Å². The average molecular weight is 1190 g/mol. The number of carbonyl (C=O) groups is 3. The van der Waals surface area contributed by atoms with Crippen molar-refractivity contribution >= 4 is 17.5 Å². The van der Waals surface area contributed by atoms with Gasteiger partial charge in [-0.2, -0.15) is 43.9 Å². The Kier molecular flexibility index (Phi) is 16.1. The molecule has 0 unspecified atom stereocenters. The molecule has 2 saturated heterocycles. The predicted octanol–water partition coefficient (Wildman–Crippen LogP) is 14.4. The van der Waals surface area contributed by atoms with Gasteiger partial charge in [0, 0.05) is 48.6 Å². The van der Waals surface area contributed by atoms with Gasteiger partial charge in [-0.05, 0) is 209 Å². The number of esters is 1. The second-order valence-electron chi connectivity index (χ2n) is 26.8. The van der Waals surface area contributed by atoms with Crippen LogP contribution in [0, 0.1) is 40.4 Å². The first-order valence-corrected chi connectivity index (χ1v) is 30.5. The number of likely N-dealkylation sites (tertiary alicyclic amines) is 2. The third-order valence-corrected chi connectivity index (χ3v) is 22.7. The fourth-order valence-electron chi connectivity index (χ4n) is 18.3. The van der Waals surface area contributed by atoms with Crippen LogP contribution in [0.2, 0.25) is 0 Å². The predicted molar refractivity (Wildman–Crippen MR) is 294 cm³/mol. The summed E-state index contributed by atoms with van der Waals surface area (Å²) < 4.78 is 148. The molecule has 8 nitrogen and oxygen atoms in total. The van der Waals surface area contributed by atoms with Gasteiger partial charge in [-0.25, -0.2) is 0 Å². The number of ketones is 2. The normalized spacial score (nSPS) is 34.3. The molecule has 0 aromatic heterocycles. The highest BCUT2D eigenvalue weighted by Crippen LogP contribution is 2.72. The number of alkyl halides is 10. The Morgan fingerprint density at radius 1 is 0.548 bits per heavy atom. The molecule has 2 aliphatic heterocycles. The molecule has 2 heterocycles. The number of ether oxygens (including phenoxy) is 1. The number of rotatable bonds is 9. The van der Waals surface area contributed by atoms with Crippen LogP contribution in [0.3, 0.4) is 0 Å². The van der Waals surface area contributed by atoms with Crippen molar-refractivity contribution in [3.8, 4) is 0 Å². The average Bonchev–Trinajstić information content (AvgIpc) is 1.44. The van der Waals surface area contributed by atoms with E-state index in [1.54, 1.807) is 12.2 Å². The van der Waals surface area contributed by atoms with Crippen molar-refractivity contribution in [2.24, 2.45) is 40.4 Å². The Hall–Kier alpha value is -4.65. The van der Waals surface area contributed by atoms with E-state index in [-0.39, 0.29) is 61.0 Å². The number of aliphatic hydroxyl groups is 2.